The third kappa shape index (κ3) is 5.44. The van der Waals surface area contributed by atoms with E-state index < -0.39 is 0 Å². The minimum Gasteiger partial charge on any atom is -0.343 e. The van der Waals surface area contributed by atoms with Crippen molar-refractivity contribution in [3.8, 4) is 0 Å². The Bertz CT molecular complexity index is 56.8. The Kier molecular flexibility index (Phi) is 5.99. The molecule has 0 rings (SSSR count). The monoisotopic (exact) mass is 112 g/mol. The van der Waals surface area contributed by atoms with Crippen LogP contribution in [0.4, 0.5) is 0 Å². The first-order valence-electron chi connectivity index (χ1n) is 2.95. The first-order valence-corrected chi connectivity index (χ1v) is 2.95. The van der Waals surface area contributed by atoms with Gasteiger partial charge in [0.15, 0.2) is 0 Å². The third-order valence-corrected chi connectivity index (χ3v) is 0.908. The van der Waals surface area contributed by atoms with E-state index in [2.05, 4.69) is 18.5 Å². The molecule has 0 radical (unpaired) electrons. The fraction of sp³-hybridized carbons (Fsp3) is 0.429. The van der Waals surface area contributed by atoms with Crippen LogP contribution >= 0.6 is 0 Å². The second-order valence-corrected chi connectivity index (χ2v) is 1.68. The van der Waals surface area contributed by atoms with Gasteiger partial charge in [0.1, 0.15) is 0 Å². The van der Waals surface area contributed by atoms with Crippen LogP contribution in [0.15, 0.2) is 25.3 Å². The van der Waals surface area contributed by atoms with Crippen LogP contribution in [0.5, 0.6) is 0 Å². The lowest BCUT2D eigenvalue weighted by Gasteiger charge is -1.91. The van der Waals surface area contributed by atoms with Crippen LogP contribution < -0.4 is 5.32 Å². The largest absolute Gasteiger partial charge is 0.343 e. The summed E-state index contributed by atoms with van der Waals surface area (Å²) in [6, 6.07) is 0. The molecular formula is C7H14N+. The molecule has 0 heterocycles. The third-order valence-electron chi connectivity index (χ3n) is 0.908. The van der Waals surface area contributed by atoms with Crippen LogP contribution in [0, 0.1) is 0 Å². The summed E-state index contributed by atoms with van der Waals surface area (Å²) < 4.78 is 0. The molecule has 0 fully saturated rings. The number of rotatable bonds is 5. The lowest BCUT2D eigenvalue weighted by molar-refractivity contribution is -0.645. The van der Waals surface area contributed by atoms with Crippen molar-refractivity contribution in [2.75, 3.05) is 13.1 Å². The van der Waals surface area contributed by atoms with Crippen LogP contribution in [0.3, 0.4) is 0 Å². The summed E-state index contributed by atoms with van der Waals surface area (Å²) in [5.74, 6) is 0. The molecule has 46 valence electrons. The normalized spacial score (nSPS) is 8.50. The number of hydrogen-bond donors (Lipinski definition) is 1. The van der Waals surface area contributed by atoms with Gasteiger partial charge in [-0.1, -0.05) is 12.7 Å². The highest BCUT2D eigenvalue weighted by Gasteiger charge is 1.79. The molecule has 0 aromatic carbocycles. The average Bonchev–Trinajstić information content (AvgIpc) is 1.81. The summed E-state index contributed by atoms with van der Waals surface area (Å²) in [5.41, 5.74) is 0. The zero-order chi connectivity index (χ0) is 6.24. The van der Waals surface area contributed by atoms with Gasteiger partial charge in [-0.25, -0.2) is 0 Å². The summed E-state index contributed by atoms with van der Waals surface area (Å²) in [5, 5.41) is 2.20. The van der Waals surface area contributed by atoms with E-state index in [-0.39, 0.29) is 0 Å². The van der Waals surface area contributed by atoms with Crippen molar-refractivity contribution in [2.24, 2.45) is 0 Å². The molecule has 0 atom stereocenters. The van der Waals surface area contributed by atoms with Crippen LogP contribution in [-0.4, -0.2) is 13.1 Å². The van der Waals surface area contributed by atoms with Gasteiger partial charge in [0, 0.05) is 6.42 Å². The summed E-state index contributed by atoms with van der Waals surface area (Å²) in [6.45, 7) is 9.37. The van der Waals surface area contributed by atoms with Gasteiger partial charge < -0.3 is 5.32 Å². The van der Waals surface area contributed by atoms with E-state index in [4.69, 9.17) is 0 Å². The number of hydrogen-bond acceptors (Lipinski definition) is 0. The van der Waals surface area contributed by atoms with Crippen molar-refractivity contribution in [1.29, 1.82) is 0 Å². The zero-order valence-electron chi connectivity index (χ0n) is 5.27. The maximum absolute atomic E-state index is 3.61. The fourth-order valence-electron chi connectivity index (χ4n) is 0.471. The van der Waals surface area contributed by atoms with Gasteiger partial charge >= 0.3 is 0 Å². The highest BCUT2D eigenvalue weighted by molar-refractivity contribution is 4.65. The van der Waals surface area contributed by atoms with Gasteiger partial charge in [0.2, 0.25) is 0 Å². The van der Waals surface area contributed by atoms with Crippen LogP contribution in [0.1, 0.15) is 6.42 Å². The Morgan fingerprint density at radius 1 is 1.25 bits per heavy atom. The van der Waals surface area contributed by atoms with Gasteiger partial charge in [-0.15, -0.1) is 6.58 Å². The van der Waals surface area contributed by atoms with Crippen molar-refractivity contribution in [1.82, 2.24) is 0 Å². The van der Waals surface area contributed by atoms with Crippen molar-refractivity contribution < 1.29 is 5.32 Å². The van der Waals surface area contributed by atoms with Crippen molar-refractivity contribution in [3.05, 3.63) is 25.3 Å². The SMILES string of the molecule is C=CCC[NH2+]CC=C. The van der Waals surface area contributed by atoms with E-state index in [0.717, 1.165) is 19.5 Å². The van der Waals surface area contributed by atoms with Crippen molar-refractivity contribution in [3.63, 3.8) is 0 Å². The van der Waals surface area contributed by atoms with E-state index in [1.807, 2.05) is 12.2 Å². The van der Waals surface area contributed by atoms with Gasteiger partial charge in [-0.05, 0) is 6.08 Å². The molecule has 1 nitrogen and oxygen atoms in total. The fourth-order valence-corrected chi connectivity index (χ4v) is 0.471. The molecule has 0 amide bonds. The van der Waals surface area contributed by atoms with E-state index in [9.17, 15) is 0 Å². The van der Waals surface area contributed by atoms with E-state index in [0.29, 0.717) is 0 Å². The molecule has 0 bridgehead atoms. The van der Waals surface area contributed by atoms with E-state index in [1.165, 1.54) is 0 Å². The first-order chi connectivity index (χ1) is 3.91. The highest BCUT2D eigenvalue weighted by Crippen LogP contribution is 1.67. The number of nitrogens with two attached hydrogens (primary N) is 1. The molecule has 0 saturated carbocycles. The standard InChI is InChI=1S/C7H13N/c1-3-5-7-8-6-4-2/h3-4,8H,1-2,5-7H2/p+1. The summed E-state index contributed by atoms with van der Waals surface area (Å²) in [6.07, 6.45) is 4.93. The molecule has 0 aliphatic carbocycles. The number of quaternary nitrogens is 1. The van der Waals surface area contributed by atoms with Crippen LogP contribution in [-0.2, 0) is 0 Å². The Labute approximate surface area is 51.1 Å². The molecule has 0 aromatic rings. The maximum atomic E-state index is 3.61. The first kappa shape index (κ1) is 7.44. The smallest absolute Gasteiger partial charge is 0.0939 e. The van der Waals surface area contributed by atoms with Gasteiger partial charge in [0.05, 0.1) is 13.1 Å². The van der Waals surface area contributed by atoms with E-state index >= 15 is 0 Å². The molecule has 0 aromatic heterocycles. The molecule has 0 unspecified atom stereocenters. The Balaban J connectivity index is 2.71. The molecule has 1 heteroatoms. The van der Waals surface area contributed by atoms with Crippen LogP contribution in [0.2, 0.25) is 0 Å². The van der Waals surface area contributed by atoms with Gasteiger partial charge in [0.25, 0.3) is 0 Å². The van der Waals surface area contributed by atoms with E-state index in [1.54, 1.807) is 0 Å². The minimum atomic E-state index is 1.02. The second kappa shape index (κ2) is 6.44. The minimum absolute atomic E-state index is 1.02. The molecule has 0 aliphatic rings. The summed E-state index contributed by atoms with van der Waals surface area (Å²) in [7, 11) is 0. The quantitative estimate of drug-likeness (QED) is 0.389. The lowest BCUT2D eigenvalue weighted by Crippen LogP contribution is -2.83. The zero-order valence-corrected chi connectivity index (χ0v) is 5.27. The highest BCUT2D eigenvalue weighted by atomic mass is 14.8. The Morgan fingerprint density at radius 2 is 2.00 bits per heavy atom. The molecular weight excluding hydrogens is 98.1 g/mol. The predicted molar refractivity (Wildman–Crippen MR) is 36.7 cm³/mol. The molecule has 0 spiro atoms. The molecule has 0 saturated heterocycles. The van der Waals surface area contributed by atoms with Gasteiger partial charge in [-0.2, -0.15) is 0 Å². The second-order valence-electron chi connectivity index (χ2n) is 1.68. The molecule has 2 N–H and O–H groups in total. The van der Waals surface area contributed by atoms with Crippen LogP contribution in [0.25, 0.3) is 0 Å². The summed E-state index contributed by atoms with van der Waals surface area (Å²) >= 11 is 0. The Hall–Kier alpha value is -0.560. The lowest BCUT2D eigenvalue weighted by atomic mass is 10.4. The average molecular weight is 112 g/mol. The molecule has 8 heavy (non-hydrogen) atoms. The van der Waals surface area contributed by atoms with Crippen molar-refractivity contribution in [2.45, 2.75) is 6.42 Å². The van der Waals surface area contributed by atoms with Gasteiger partial charge in [-0.3, -0.25) is 0 Å². The molecule has 0 aliphatic heterocycles. The predicted octanol–water partition coefficient (Wildman–Crippen LogP) is 0.312. The van der Waals surface area contributed by atoms with Crippen molar-refractivity contribution >= 4 is 0 Å². The summed E-state index contributed by atoms with van der Waals surface area (Å²) in [4.78, 5) is 0. The Morgan fingerprint density at radius 3 is 2.50 bits per heavy atom. The maximum Gasteiger partial charge on any atom is 0.0939 e. The topological polar surface area (TPSA) is 16.6 Å².